The molecule has 1 fully saturated rings. The van der Waals surface area contributed by atoms with E-state index < -0.39 is 10.0 Å². The van der Waals surface area contributed by atoms with Gasteiger partial charge in [-0.15, -0.1) is 11.8 Å². The highest BCUT2D eigenvalue weighted by Gasteiger charge is 2.31. The van der Waals surface area contributed by atoms with Gasteiger partial charge in [0.2, 0.25) is 21.8 Å². The van der Waals surface area contributed by atoms with Gasteiger partial charge in [0.25, 0.3) is 0 Å². The maximum Gasteiger partial charge on any atom is 0.244 e. The van der Waals surface area contributed by atoms with Crippen LogP contribution in [0.4, 0.5) is 11.4 Å². The highest BCUT2D eigenvalue weighted by Crippen LogP contribution is 2.37. The number of benzene rings is 2. The molecule has 0 bridgehead atoms. The van der Waals surface area contributed by atoms with Crippen LogP contribution in [0.25, 0.3) is 0 Å². The largest absolute Gasteiger partial charge is 0.379 e. The van der Waals surface area contributed by atoms with E-state index in [0.29, 0.717) is 24.6 Å². The van der Waals surface area contributed by atoms with Crippen LogP contribution in [0.3, 0.4) is 0 Å². The Morgan fingerprint density at radius 2 is 1.91 bits per heavy atom. The Morgan fingerprint density at radius 3 is 2.66 bits per heavy atom. The summed E-state index contributed by atoms with van der Waals surface area (Å²) < 4.78 is 32.8. The maximum absolute atomic E-state index is 13.1. The highest BCUT2D eigenvalue weighted by atomic mass is 32.2. The molecule has 2 aromatic rings. The predicted octanol–water partition coefficient (Wildman–Crippen LogP) is 2.35. The lowest BCUT2D eigenvalue weighted by atomic mass is 10.1. The van der Waals surface area contributed by atoms with Gasteiger partial charge in [-0.25, -0.2) is 8.42 Å². The van der Waals surface area contributed by atoms with Crippen LogP contribution in [-0.2, 0) is 30.8 Å². The van der Waals surface area contributed by atoms with Crippen molar-refractivity contribution in [2.24, 2.45) is 0 Å². The number of nitrogens with one attached hydrogen (secondary N) is 1. The number of morpholine rings is 1. The van der Waals surface area contributed by atoms with E-state index in [1.807, 2.05) is 31.2 Å². The van der Waals surface area contributed by atoms with Crippen molar-refractivity contribution in [1.82, 2.24) is 4.31 Å². The van der Waals surface area contributed by atoms with Gasteiger partial charge in [-0.3, -0.25) is 9.59 Å². The molecule has 1 N–H and O–H groups in total. The number of para-hydroxylation sites is 1. The van der Waals surface area contributed by atoms with Crippen LogP contribution >= 0.6 is 11.8 Å². The van der Waals surface area contributed by atoms with Crippen LogP contribution < -0.4 is 10.2 Å². The third kappa shape index (κ3) is 4.68. The second-order valence-electron chi connectivity index (χ2n) is 7.47. The third-order valence-corrected chi connectivity index (χ3v) is 8.40. The monoisotopic (exact) mass is 475 g/mol. The summed E-state index contributed by atoms with van der Waals surface area (Å²) in [5.41, 5.74) is 2.16. The van der Waals surface area contributed by atoms with E-state index in [1.165, 1.54) is 27.0 Å². The van der Waals surface area contributed by atoms with Gasteiger partial charge < -0.3 is 15.0 Å². The predicted molar refractivity (Wildman–Crippen MR) is 124 cm³/mol. The first-order valence-electron chi connectivity index (χ1n) is 10.4. The van der Waals surface area contributed by atoms with Gasteiger partial charge in [0.1, 0.15) is 6.54 Å². The molecule has 170 valence electrons. The fourth-order valence-electron chi connectivity index (χ4n) is 3.74. The van der Waals surface area contributed by atoms with Crippen LogP contribution in [0.15, 0.2) is 52.3 Å². The molecular formula is C22H25N3O5S2. The summed E-state index contributed by atoms with van der Waals surface area (Å²) in [6.45, 7) is 3.09. The van der Waals surface area contributed by atoms with E-state index >= 15 is 0 Å². The summed E-state index contributed by atoms with van der Waals surface area (Å²) in [5.74, 6) is -0.373. The van der Waals surface area contributed by atoms with E-state index in [1.54, 1.807) is 12.1 Å². The van der Waals surface area contributed by atoms with Crippen molar-refractivity contribution in [1.29, 1.82) is 0 Å². The quantitative estimate of drug-likeness (QED) is 0.689. The molecule has 10 heteroatoms. The van der Waals surface area contributed by atoms with Crippen LogP contribution in [0.2, 0.25) is 0 Å². The van der Waals surface area contributed by atoms with Gasteiger partial charge in [-0.1, -0.05) is 25.1 Å². The van der Waals surface area contributed by atoms with E-state index in [9.17, 15) is 18.0 Å². The molecule has 0 unspecified atom stereocenters. The van der Waals surface area contributed by atoms with Crippen molar-refractivity contribution >= 4 is 45.0 Å². The Morgan fingerprint density at radius 1 is 1.16 bits per heavy atom. The molecule has 2 amide bonds. The lowest BCUT2D eigenvalue weighted by Gasteiger charge is -2.30. The molecule has 0 atom stereocenters. The van der Waals surface area contributed by atoms with Crippen LogP contribution in [0.5, 0.6) is 0 Å². The zero-order chi connectivity index (χ0) is 22.7. The minimum atomic E-state index is -3.72. The zero-order valence-electron chi connectivity index (χ0n) is 17.7. The number of rotatable bonds is 6. The number of nitrogens with zero attached hydrogens (tertiary/aromatic N) is 2. The molecule has 4 rings (SSSR count). The molecule has 0 saturated carbocycles. The van der Waals surface area contributed by atoms with Crippen LogP contribution in [0.1, 0.15) is 12.5 Å². The Balaban J connectivity index is 1.59. The lowest BCUT2D eigenvalue weighted by molar-refractivity contribution is -0.120. The van der Waals surface area contributed by atoms with E-state index in [-0.39, 0.29) is 42.1 Å². The zero-order valence-corrected chi connectivity index (χ0v) is 19.4. The number of sulfonamides is 1. The van der Waals surface area contributed by atoms with Crippen molar-refractivity contribution in [3.05, 3.63) is 48.0 Å². The number of carbonyl (C=O) groups is 2. The molecule has 2 heterocycles. The molecule has 2 aliphatic rings. The molecule has 8 nitrogen and oxygen atoms in total. The van der Waals surface area contributed by atoms with E-state index in [2.05, 4.69) is 5.32 Å². The Kier molecular flexibility index (Phi) is 6.85. The molecule has 0 aromatic heterocycles. The van der Waals surface area contributed by atoms with Gasteiger partial charge >= 0.3 is 0 Å². The Labute approximate surface area is 192 Å². The van der Waals surface area contributed by atoms with E-state index in [0.717, 1.165) is 16.9 Å². The van der Waals surface area contributed by atoms with Gasteiger partial charge in [0, 0.05) is 23.7 Å². The lowest BCUT2D eigenvalue weighted by Crippen LogP contribution is -2.42. The van der Waals surface area contributed by atoms with Crippen molar-refractivity contribution in [2.45, 2.75) is 23.1 Å². The summed E-state index contributed by atoms with van der Waals surface area (Å²) in [7, 11) is -3.72. The van der Waals surface area contributed by atoms with Gasteiger partial charge in [0.05, 0.1) is 29.5 Å². The number of hydrogen-bond donors (Lipinski definition) is 1. The summed E-state index contributed by atoms with van der Waals surface area (Å²) >= 11 is 1.34. The number of amides is 2. The molecule has 2 aliphatic heterocycles. The Bertz CT molecular complexity index is 1130. The second-order valence-corrected chi connectivity index (χ2v) is 10.4. The molecule has 1 saturated heterocycles. The summed E-state index contributed by atoms with van der Waals surface area (Å²) in [5, 5.41) is 2.88. The summed E-state index contributed by atoms with van der Waals surface area (Å²) in [6.07, 6.45) is 0.765. The first-order valence-corrected chi connectivity index (χ1v) is 12.9. The van der Waals surface area contributed by atoms with Crippen LogP contribution in [-0.4, -0.2) is 63.1 Å². The molecule has 0 radical (unpaired) electrons. The molecule has 0 aliphatic carbocycles. The smallest absolute Gasteiger partial charge is 0.244 e. The maximum atomic E-state index is 13.1. The number of thioether (sulfide) groups is 1. The number of aryl methyl sites for hydroxylation is 1. The minimum Gasteiger partial charge on any atom is -0.379 e. The average Bonchev–Trinajstić information content (AvgIpc) is 2.81. The second kappa shape index (κ2) is 9.62. The normalized spacial score (nSPS) is 17.2. The number of carbonyl (C=O) groups excluding carboxylic acids is 2. The molecular weight excluding hydrogens is 450 g/mol. The minimum absolute atomic E-state index is 0.107. The van der Waals surface area contributed by atoms with Crippen molar-refractivity contribution in [2.75, 3.05) is 48.8 Å². The number of anilines is 2. The van der Waals surface area contributed by atoms with Gasteiger partial charge in [-0.2, -0.15) is 4.31 Å². The van der Waals surface area contributed by atoms with Crippen LogP contribution in [0, 0.1) is 0 Å². The van der Waals surface area contributed by atoms with Crippen molar-refractivity contribution < 1.29 is 22.7 Å². The number of hydrogen-bond acceptors (Lipinski definition) is 6. The first-order chi connectivity index (χ1) is 15.4. The summed E-state index contributed by atoms with van der Waals surface area (Å²) in [4.78, 5) is 27.7. The fourth-order valence-corrected chi connectivity index (χ4v) is 6.08. The third-order valence-electron chi connectivity index (χ3n) is 5.46. The Hall–Kier alpha value is -2.40. The SMILES string of the molecule is CCc1ccccc1NC(=O)CN1C(=O)CSc2ccc(S(=O)(=O)N3CCOCC3)cc21. The molecule has 0 spiro atoms. The van der Waals surface area contributed by atoms with Gasteiger partial charge in [-0.05, 0) is 36.2 Å². The van der Waals surface area contributed by atoms with Crippen molar-refractivity contribution in [3.63, 3.8) is 0 Å². The average molecular weight is 476 g/mol. The van der Waals surface area contributed by atoms with E-state index in [4.69, 9.17) is 4.74 Å². The standard InChI is InChI=1S/C22H25N3O5S2/c1-2-16-5-3-4-6-18(16)23-21(26)14-25-19-13-17(7-8-20(19)31-15-22(25)27)32(28,29)24-9-11-30-12-10-24/h3-8,13H,2,9-12,14-15H2,1H3,(H,23,26). The highest BCUT2D eigenvalue weighted by molar-refractivity contribution is 8.00. The topological polar surface area (TPSA) is 96.0 Å². The number of ether oxygens (including phenoxy) is 1. The number of fused-ring (bicyclic) bond motifs is 1. The first kappa shape index (κ1) is 22.8. The fraction of sp³-hybridized carbons (Fsp3) is 0.364. The summed E-state index contributed by atoms with van der Waals surface area (Å²) in [6, 6.07) is 12.3. The molecule has 2 aromatic carbocycles. The van der Waals surface area contributed by atoms with Gasteiger partial charge in [0.15, 0.2) is 0 Å². The van der Waals surface area contributed by atoms with Crippen molar-refractivity contribution in [3.8, 4) is 0 Å². The molecule has 32 heavy (non-hydrogen) atoms.